The van der Waals surface area contributed by atoms with Crippen molar-refractivity contribution in [3.8, 4) is 0 Å². The average molecular weight is 801 g/mol. The Hall–Kier alpha value is -5.41. The van der Waals surface area contributed by atoms with Gasteiger partial charge in [0.2, 0.25) is 17.7 Å². The SMILES string of the molecule is COC(=O)COCC(=O)O[C@H](CN1CC[C@H]2CCCC[C@H]2[C@H]1C(=O)NC(C)(C)C)[C@H](Cc1ccccc1)NC(=O)[C@H](CC(N)=O)NC(=O)c1ccc2ccccc2n1. The van der Waals surface area contributed by atoms with Gasteiger partial charge in [0.15, 0.2) is 0 Å². The largest absolute Gasteiger partial charge is 0.467 e. The van der Waals surface area contributed by atoms with Gasteiger partial charge in [0.1, 0.15) is 31.1 Å². The number of hydrogen-bond acceptors (Lipinski definition) is 11. The molecule has 58 heavy (non-hydrogen) atoms. The third-order valence-electron chi connectivity index (χ3n) is 10.6. The molecule has 6 atom stereocenters. The van der Waals surface area contributed by atoms with E-state index in [0.717, 1.165) is 43.1 Å². The van der Waals surface area contributed by atoms with Crippen LogP contribution in [0.15, 0.2) is 66.7 Å². The number of nitrogens with one attached hydrogen (secondary N) is 3. The molecule has 2 aliphatic rings. The lowest BCUT2D eigenvalue weighted by molar-refractivity contribution is -0.162. The first kappa shape index (κ1) is 43.7. The van der Waals surface area contributed by atoms with Gasteiger partial charge in [0.25, 0.3) is 5.91 Å². The van der Waals surface area contributed by atoms with Crippen molar-refractivity contribution in [2.45, 2.75) is 95.5 Å². The molecule has 312 valence electrons. The number of fused-ring (bicyclic) bond motifs is 2. The van der Waals surface area contributed by atoms with Crippen LogP contribution >= 0.6 is 0 Å². The number of rotatable bonds is 17. The number of nitrogens with zero attached hydrogens (tertiary/aromatic N) is 2. The number of ether oxygens (including phenoxy) is 3. The van der Waals surface area contributed by atoms with Gasteiger partial charge in [0, 0.05) is 17.5 Å². The van der Waals surface area contributed by atoms with Crippen LogP contribution < -0.4 is 21.7 Å². The van der Waals surface area contributed by atoms with E-state index in [1.165, 1.54) is 13.2 Å². The van der Waals surface area contributed by atoms with Gasteiger partial charge in [-0.3, -0.25) is 24.1 Å². The van der Waals surface area contributed by atoms with Crippen LogP contribution in [0.3, 0.4) is 0 Å². The van der Waals surface area contributed by atoms with Crippen molar-refractivity contribution in [2.24, 2.45) is 17.6 Å². The second-order valence-corrected chi connectivity index (χ2v) is 16.2. The molecule has 1 aliphatic heterocycles. The topological polar surface area (TPSA) is 208 Å². The van der Waals surface area contributed by atoms with Crippen molar-refractivity contribution in [1.82, 2.24) is 25.8 Å². The molecule has 15 heteroatoms. The summed E-state index contributed by atoms with van der Waals surface area (Å²) >= 11 is 0. The Bertz CT molecular complexity index is 1920. The van der Waals surface area contributed by atoms with E-state index in [1.807, 2.05) is 68.1 Å². The molecular formula is C43H56N6O9. The second-order valence-electron chi connectivity index (χ2n) is 16.2. The van der Waals surface area contributed by atoms with Crippen LogP contribution in [0.2, 0.25) is 0 Å². The predicted molar refractivity (Wildman–Crippen MR) is 215 cm³/mol. The number of piperidine rings is 1. The number of aromatic nitrogens is 1. The molecule has 5 N–H and O–H groups in total. The van der Waals surface area contributed by atoms with Gasteiger partial charge >= 0.3 is 11.9 Å². The number of primary amides is 1. The highest BCUT2D eigenvalue weighted by Crippen LogP contribution is 2.40. The van der Waals surface area contributed by atoms with Crippen LogP contribution in [0, 0.1) is 11.8 Å². The van der Waals surface area contributed by atoms with Gasteiger partial charge in [-0.05, 0) is 76.1 Å². The minimum atomic E-state index is -1.42. The normalized spacial score (nSPS) is 19.8. The fraction of sp³-hybridized carbons (Fsp3) is 0.512. The number of amides is 4. The molecule has 4 amide bonds. The monoisotopic (exact) mass is 800 g/mol. The molecule has 1 aliphatic carbocycles. The summed E-state index contributed by atoms with van der Waals surface area (Å²) in [5, 5.41) is 9.59. The molecule has 2 aromatic carbocycles. The number of esters is 2. The second kappa shape index (κ2) is 20.3. The maximum Gasteiger partial charge on any atom is 0.332 e. The van der Waals surface area contributed by atoms with Crippen LogP contribution in [-0.2, 0) is 44.6 Å². The lowest BCUT2D eigenvalue weighted by atomic mass is 9.70. The molecule has 1 aromatic heterocycles. The maximum atomic E-state index is 14.3. The van der Waals surface area contributed by atoms with Crippen LogP contribution in [0.4, 0.5) is 0 Å². The van der Waals surface area contributed by atoms with E-state index in [0.29, 0.717) is 18.0 Å². The fourth-order valence-electron chi connectivity index (χ4n) is 7.98. The Morgan fingerprint density at radius 2 is 1.59 bits per heavy atom. The van der Waals surface area contributed by atoms with E-state index in [4.69, 9.17) is 15.2 Å². The van der Waals surface area contributed by atoms with E-state index in [9.17, 15) is 28.8 Å². The molecule has 0 unspecified atom stereocenters. The van der Waals surface area contributed by atoms with Crippen LogP contribution in [0.25, 0.3) is 10.9 Å². The Balaban J connectivity index is 1.47. The molecule has 2 fully saturated rings. The molecular weight excluding hydrogens is 745 g/mol. The molecule has 1 saturated heterocycles. The highest BCUT2D eigenvalue weighted by atomic mass is 16.6. The number of likely N-dealkylation sites (tertiary alicyclic amines) is 1. The Labute approximate surface area is 339 Å². The zero-order chi connectivity index (χ0) is 41.8. The summed E-state index contributed by atoms with van der Waals surface area (Å²) in [5.41, 5.74) is 6.49. The highest BCUT2D eigenvalue weighted by molar-refractivity contribution is 5.99. The van der Waals surface area contributed by atoms with Crippen molar-refractivity contribution in [1.29, 1.82) is 0 Å². The minimum absolute atomic E-state index is 0.0336. The van der Waals surface area contributed by atoms with Gasteiger partial charge in [-0.15, -0.1) is 0 Å². The number of carbonyl (C=O) groups excluding carboxylic acids is 6. The van der Waals surface area contributed by atoms with Gasteiger partial charge in [-0.1, -0.05) is 73.9 Å². The maximum absolute atomic E-state index is 14.3. The Morgan fingerprint density at radius 3 is 2.31 bits per heavy atom. The van der Waals surface area contributed by atoms with Crippen LogP contribution in [0.1, 0.15) is 75.3 Å². The quantitative estimate of drug-likeness (QED) is 0.146. The predicted octanol–water partition coefficient (Wildman–Crippen LogP) is 2.83. The van der Waals surface area contributed by atoms with E-state index >= 15 is 0 Å². The number of pyridine rings is 1. The highest BCUT2D eigenvalue weighted by Gasteiger charge is 2.45. The first-order valence-corrected chi connectivity index (χ1v) is 19.9. The third-order valence-corrected chi connectivity index (χ3v) is 10.6. The average Bonchev–Trinajstić information content (AvgIpc) is 3.19. The van der Waals surface area contributed by atoms with E-state index in [2.05, 4.69) is 25.7 Å². The summed E-state index contributed by atoms with van der Waals surface area (Å²) in [6.45, 7) is 5.32. The minimum Gasteiger partial charge on any atom is -0.467 e. The van der Waals surface area contributed by atoms with Gasteiger partial charge < -0.3 is 35.9 Å². The number of hydrogen-bond donors (Lipinski definition) is 4. The first-order valence-electron chi connectivity index (χ1n) is 19.9. The molecule has 3 aromatic rings. The van der Waals surface area contributed by atoms with E-state index in [-0.39, 0.29) is 30.5 Å². The first-order chi connectivity index (χ1) is 27.7. The number of para-hydroxylation sites is 1. The standard InChI is InChI=1S/C43H56N6O9/c1-43(2,3)48-42(55)39-30-16-10-8-14-28(30)20-21-49(39)24-35(58-38(52)26-57-25-37(51)56-4)33(22-27-12-6-5-7-13-27)46-41(54)34(23-36(44)50)47-40(53)32-19-18-29-15-9-11-17-31(29)45-32/h5-7,9,11-13,15,17-19,28,30,33-35,39H,8,10,14,16,20-26H2,1-4H3,(H2,44,50)(H,46,54)(H,47,53)(H,48,55)/t28-,30-,33+,34+,35-,39+/m1/s1. The van der Waals surface area contributed by atoms with Gasteiger partial charge in [-0.25, -0.2) is 14.6 Å². The lowest BCUT2D eigenvalue weighted by Crippen LogP contribution is -2.63. The molecule has 1 saturated carbocycles. The smallest absolute Gasteiger partial charge is 0.332 e. The van der Waals surface area contributed by atoms with Crippen molar-refractivity contribution < 1.29 is 43.0 Å². The molecule has 0 spiro atoms. The summed E-state index contributed by atoms with van der Waals surface area (Å²) in [6.07, 6.45) is 3.41. The van der Waals surface area contributed by atoms with Gasteiger partial charge in [-0.2, -0.15) is 0 Å². The summed E-state index contributed by atoms with van der Waals surface area (Å²) in [4.78, 5) is 86.0. The zero-order valence-corrected chi connectivity index (χ0v) is 33.7. The van der Waals surface area contributed by atoms with E-state index < -0.39 is 79.1 Å². The van der Waals surface area contributed by atoms with Crippen molar-refractivity contribution in [3.63, 3.8) is 0 Å². The molecule has 0 bridgehead atoms. The summed E-state index contributed by atoms with van der Waals surface area (Å²) in [5.74, 6) is -3.44. The van der Waals surface area contributed by atoms with Crippen LogP contribution in [0.5, 0.6) is 0 Å². The number of nitrogens with two attached hydrogens (primary N) is 1. The van der Waals surface area contributed by atoms with Crippen LogP contribution in [-0.4, -0.2) is 109 Å². The fourth-order valence-corrected chi connectivity index (χ4v) is 7.98. The lowest BCUT2D eigenvalue weighted by Gasteiger charge is -2.48. The Morgan fingerprint density at radius 1 is 0.879 bits per heavy atom. The van der Waals surface area contributed by atoms with Crippen molar-refractivity contribution in [2.75, 3.05) is 33.4 Å². The zero-order valence-electron chi connectivity index (χ0n) is 33.7. The molecule has 15 nitrogen and oxygen atoms in total. The molecule has 0 radical (unpaired) electrons. The molecule has 5 rings (SSSR count). The number of carbonyl (C=O) groups is 6. The summed E-state index contributed by atoms with van der Waals surface area (Å²) < 4.78 is 16.0. The number of benzene rings is 2. The molecule has 2 heterocycles. The number of methoxy groups -OCH3 is 1. The third kappa shape index (κ3) is 12.5. The van der Waals surface area contributed by atoms with Crippen molar-refractivity contribution >= 4 is 46.5 Å². The van der Waals surface area contributed by atoms with Gasteiger partial charge in [0.05, 0.1) is 31.1 Å². The summed E-state index contributed by atoms with van der Waals surface area (Å²) in [7, 11) is 1.20. The van der Waals surface area contributed by atoms with Crippen molar-refractivity contribution in [3.05, 3.63) is 78.0 Å². The summed E-state index contributed by atoms with van der Waals surface area (Å²) in [6, 6.07) is 16.8. The Kier molecular flexibility index (Phi) is 15.3. The van der Waals surface area contributed by atoms with E-state index in [1.54, 1.807) is 18.2 Å².